The van der Waals surface area contributed by atoms with Crippen LogP contribution in [0.15, 0.2) is 89.5 Å². The third-order valence-electron chi connectivity index (χ3n) is 4.50. The van der Waals surface area contributed by atoms with Crippen LogP contribution in [0.3, 0.4) is 0 Å². The van der Waals surface area contributed by atoms with Crippen molar-refractivity contribution in [2.24, 2.45) is 0 Å². The topological polar surface area (TPSA) is 30.2 Å². The van der Waals surface area contributed by atoms with Gasteiger partial charge in [0.1, 0.15) is 16.1 Å². The van der Waals surface area contributed by atoms with Crippen LogP contribution in [0, 0.1) is 0 Å². The second kappa shape index (κ2) is 6.07. The zero-order chi connectivity index (χ0) is 17.5. The molecule has 0 radical (unpaired) electrons. The van der Waals surface area contributed by atoms with Crippen molar-refractivity contribution in [3.63, 3.8) is 0 Å². The molecule has 3 nitrogen and oxygen atoms in total. The molecule has 5 rings (SSSR count). The van der Waals surface area contributed by atoms with Crippen LogP contribution in [-0.4, -0.2) is 14.4 Å². The van der Waals surface area contributed by atoms with Crippen LogP contribution in [-0.2, 0) is 0 Å². The minimum atomic E-state index is 0.729. The van der Waals surface area contributed by atoms with E-state index in [1.54, 1.807) is 0 Å². The predicted octanol–water partition coefficient (Wildman–Crippen LogP) is 5.98. The smallest absolute Gasteiger partial charge is 0.163 e. The zero-order valence-corrected chi connectivity index (χ0v) is 15.4. The Balaban J connectivity index is 1.94. The molecule has 0 saturated heterocycles. The van der Waals surface area contributed by atoms with Gasteiger partial charge in [-0.15, -0.1) is 0 Å². The lowest BCUT2D eigenvalue weighted by Gasteiger charge is -2.09. The fraction of sp³-hybridized carbons (Fsp3) is 0. The van der Waals surface area contributed by atoms with E-state index in [-0.39, 0.29) is 0 Å². The Morgan fingerprint density at radius 1 is 0.615 bits per heavy atom. The molecule has 0 N–H and O–H groups in total. The summed E-state index contributed by atoms with van der Waals surface area (Å²) < 4.78 is 3.06. The third-order valence-corrected chi connectivity index (χ3v) is 5.28. The average molecular weight is 400 g/mol. The summed E-state index contributed by atoms with van der Waals surface area (Å²) in [5, 5.41) is 2.24. The number of aromatic nitrogens is 3. The fourth-order valence-electron chi connectivity index (χ4n) is 3.27. The highest BCUT2D eigenvalue weighted by Gasteiger charge is 2.17. The van der Waals surface area contributed by atoms with Gasteiger partial charge in [0.2, 0.25) is 0 Å². The number of rotatable bonds is 2. The summed E-state index contributed by atoms with van der Waals surface area (Å²) in [7, 11) is 0. The van der Waals surface area contributed by atoms with E-state index in [4.69, 9.17) is 9.97 Å². The number of hydrogen-bond acceptors (Lipinski definition) is 2. The summed E-state index contributed by atoms with van der Waals surface area (Å²) >= 11 is 3.76. The minimum Gasteiger partial charge on any atom is -0.271 e. The second-order valence-electron chi connectivity index (χ2n) is 6.10. The van der Waals surface area contributed by atoms with Gasteiger partial charge in [-0.2, -0.15) is 0 Å². The summed E-state index contributed by atoms with van der Waals surface area (Å²) in [5.74, 6) is 1.60. The molecule has 26 heavy (non-hydrogen) atoms. The normalized spacial score (nSPS) is 11.3. The van der Waals surface area contributed by atoms with Crippen LogP contribution in [0.5, 0.6) is 0 Å². The Hall–Kier alpha value is -2.98. The third kappa shape index (κ3) is 2.34. The molecule has 0 aliphatic heterocycles. The Labute approximate surface area is 159 Å². The number of hydrogen-bond donors (Lipinski definition) is 0. The molecule has 0 aliphatic carbocycles. The summed E-state index contributed by atoms with van der Waals surface area (Å²) in [6.07, 6.45) is 0. The quantitative estimate of drug-likeness (QED) is 0.365. The van der Waals surface area contributed by atoms with Gasteiger partial charge >= 0.3 is 0 Å². The van der Waals surface area contributed by atoms with E-state index >= 15 is 0 Å². The van der Waals surface area contributed by atoms with Crippen molar-refractivity contribution in [3.05, 3.63) is 89.5 Å². The summed E-state index contributed by atoms with van der Waals surface area (Å²) in [6.45, 7) is 0. The minimum absolute atomic E-state index is 0.729. The van der Waals surface area contributed by atoms with Crippen LogP contribution in [0.2, 0.25) is 0 Å². The number of benzene rings is 3. The molecular weight excluding hydrogens is 386 g/mol. The maximum Gasteiger partial charge on any atom is 0.163 e. The van der Waals surface area contributed by atoms with Crippen LogP contribution < -0.4 is 0 Å². The van der Waals surface area contributed by atoms with Gasteiger partial charge in [-0.05, 0) is 15.9 Å². The van der Waals surface area contributed by atoms with Gasteiger partial charge in [-0.1, -0.05) is 84.9 Å². The maximum atomic E-state index is 4.92. The van der Waals surface area contributed by atoms with Crippen molar-refractivity contribution in [1.29, 1.82) is 0 Å². The molecule has 0 fully saturated rings. The predicted molar refractivity (Wildman–Crippen MR) is 109 cm³/mol. The molecule has 0 bridgehead atoms. The Morgan fingerprint density at radius 2 is 1.19 bits per heavy atom. The van der Waals surface area contributed by atoms with Gasteiger partial charge in [0, 0.05) is 21.9 Å². The van der Waals surface area contributed by atoms with Crippen molar-refractivity contribution >= 4 is 32.3 Å². The van der Waals surface area contributed by atoms with Crippen molar-refractivity contribution in [2.75, 3.05) is 0 Å². The summed E-state index contributed by atoms with van der Waals surface area (Å²) in [5.41, 5.74) is 2.96. The molecule has 4 heteroatoms. The fourth-order valence-corrected chi connectivity index (χ4v) is 3.95. The van der Waals surface area contributed by atoms with Gasteiger partial charge in [-0.3, -0.25) is 4.40 Å². The molecule has 2 heterocycles. The molecule has 0 aliphatic rings. The van der Waals surface area contributed by atoms with Crippen LogP contribution >= 0.6 is 15.9 Å². The molecule has 5 aromatic rings. The van der Waals surface area contributed by atoms with E-state index in [1.165, 1.54) is 0 Å². The molecule has 0 saturated carbocycles. The van der Waals surface area contributed by atoms with Gasteiger partial charge < -0.3 is 0 Å². The van der Waals surface area contributed by atoms with E-state index in [9.17, 15) is 0 Å². The Kier molecular flexibility index (Phi) is 3.57. The first kappa shape index (κ1) is 15.3. The lowest BCUT2D eigenvalue weighted by Crippen LogP contribution is -2.01. The largest absolute Gasteiger partial charge is 0.271 e. The van der Waals surface area contributed by atoms with Crippen LogP contribution in [0.1, 0.15) is 0 Å². The molecule has 0 unspecified atom stereocenters. The Bertz CT molecular complexity index is 1230. The van der Waals surface area contributed by atoms with Crippen LogP contribution in [0.4, 0.5) is 0 Å². The number of halogens is 1. The Morgan fingerprint density at radius 3 is 1.88 bits per heavy atom. The molecule has 2 aromatic heterocycles. The first-order valence-corrected chi connectivity index (χ1v) is 9.20. The van der Waals surface area contributed by atoms with Gasteiger partial charge in [-0.25, -0.2) is 9.97 Å². The maximum absolute atomic E-state index is 4.92. The summed E-state index contributed by atoms with van der Waals surface area (Å²) in [4.78, 5) is 9.82. The molecule has 3 aromatic carbocycles. The first-order valence-electron chi connectivity index (χ1n) is 8.40. The highest BCUT2D eigenvalue weighted by atomic mass is 79.9. The summed E-state index contributed by atoms with van der Waals surface area (Å²) in [6, 6.07) is 28.6. The standard InChI is InChI=1S/C22H14BrN3/c23-19-17-13-7-8-14-18(17)22-25-20(15-9-3-1-4-10-15)24-21(26(19)22)16-11-5-2-6-12-16/h1-14H. The van der Waals surface area contributed by atoms with E-state index in [1.807, 2.05) is 60.7 Å². The molecule has 0 spiro atoms. The van der Waals surface area contributed by atoms with Crippen LogP contribution in [0.25, 0.3) is 39.2 Å². The average Bonchev–Trinajstić information content (AvgIpc) is 3.01. The van der Waals surface area contributed by atoms with Crippen molar-refractivity contribution in [3.8, 4) is 22.8 Å². The second-order valence-corrected chi connectivity index (χ2v) is 6.85. The lowest BCUT2D eigenvalue weighted by atomic mass is 10.2. The zero-order valence-electron chi connectivity index (χ0n) is 13.8. The van der Waals surface area contributed by atoms with E-state index in [0.717, 1.165) is 43.8 Å². The van der Waals surface area contributed by atoms with E-state index in [2.05, 4.69) is 44.6 Å². The SMILES string of the molecule is Brc1c2ccccc2c2nc(-c3ccccc3)nc(-c3ccccc3)n12. The van der Waals surface area contributed by atoms with E-state index in [0.29, 0.717) is 0 Å². The monoisotopic (exact) mass is 399 g/mol. The molecule has 124 valence electrons. The van der Waals surface area contributed by atoms with Crippen molar-refractivity contribution in [1.82, 2.24) is 14.4 Å². The molecular formula is C22H14BrN3. The first-order chi connectivity index (χ1) is 12.8. The van der Waals surface area contributed by atoms with Crippen molar-refractivity contribution < 1.29 is 0 Å². The van der Waals surface area contributed by atoms with E-state index < -0.39 is 0 Å². The molecule has 0 amide bonds. The highest BCUT2D eigenvalue weighted by molar-refractivity contribution is 9.10. The lowest BCUT2D eigenvalue weighted by molar-refractivity contribution is 1.03. The van der Waals surface area contributed by atoms with Crippen molar-refractivity contribution in [2.45, 2.75) is 0 Å². The number of fused-ring (bicyclic) bond motifs is 3. The highest BCUT2D eigenvalue weighted by Crippen LogP contribution is 2.34. The molecule has 0 atom stereocenters. The van der Waals surface area contributed by atoms with Gasteiger partial charge in [0.05, 0.1) is 0 Å². The number of nitrogens with zero attached hydrogens (tertiary/aromatic N) is 3. The van der Waals surface area contributed by atoms with Gasteiger partial charge in [0.15, 0.2) is 5.82 Å². The van der Waals surface area contributed by atoms with Gasteiger partial charge in [0.25, 0.3) is 0 Å².